The number of aliphatic carboxylic acids is 1. The smallest absolute Gasteiger partial charge is 0.407 e. The van der Waals surface area contributed by atoms with E-state index in [1.54, 1.807) is 34.6 Å². The second-order valence-electron chi connectivity index (χ2n) is 20.8. The molecule has 6 amide bonds. The van der Waals surface area contributed by atoms with Crippen molar-refractivity contribution in [3.63, 3.8) is 0 Å². The number of likely N-dealkylation sites (N-methyl/N-ethyl adjacent to an activating group) is 1. The summed E-state index contributed by atoms with van der Waals surface area (Å²) >= 11 is 0. The highest BCUT2D eigenvalue weighted by Gasteiger charge is 2.49. The largest absolute Gasteiger partial charge is 0.479 e. The number of rotatable bonds is 14. The van der Waals surface area contributed by atoms with E-state index in [4.69, 9.17) is 28.7 Å². The molecule has 8 N–H and O–H groups in total. The number of pyridine rings is 2. The number of aliphatic hydroxyl groups excluding tert-OH is 3. The highest BCUT2D eigenvalue weighted by molar-refractivity contribution is 6.15. The van der Waals surface area contributed by atoms with Gasteiger partial charge in [-0.1, -0.05) is 13.0 Å². The van der Waals surface area contributed by atoms with Gasteiger partial charge in [-0.3, -0.25) is 28.9 Å². The predicted octanol–water partition coefficient (Wildman–Crippen LogP) is 0.927. The number of carboxylic acids is 1. The molecule has 4 aromatic rings. The lowest BCUT2D eigenvalue weighted by molar-refractivity contribution is -0.271. The molecule has 27 heteroatoms. The maximum absolute atomic E-state index is 15.5. The summed E-state index contributed by atoms with van der Waals surface area (Å²) in [7, 11) is 1.17. The predicted molar refractivity (Wildman–Crippen MR) is 270 cm³/mol. The molecule has 2 aromatic carbocycles. The number of esters is 1. The third-order valence-corrected chi connectivity index (χ3v) is 14.4. The average Bonchev–Trinajstić information content (AvgIpc) is 4.09. The maximum atomic E-state index is 15.5. The van der Waals surface area contributed by atoms with Crippen LogP contribution in [0.4, 0.5) is 19.7 Å². The van der Waals surface area contributed by atoms with E-state index in [0.29, 0.717) is 39.0 Å². The van der Waals surface area contributed by atoms with Crippen molar-refractivity contribution in [3.05, 3.63) is 97.6 Å². The Morgan fingerprint density at radius 1 is 0.975 bits per heavy atom. The molecule has 1 saturated heterocycles. The lowest BCUT2D eigenvalue weighted by atomic mass is 9.81. The van der Waals surface area contributed by atoms with Crippen molar-refractivity contribution in [1.82, 2.24) is 30.0 Å². The first-order valence-corrected chi connectivity index (χ1v) is 25.2. The molecule has 1 aliphatic carbocycles. The summed E-state index contributed by atoms with van der Waals surface area (Å²) in [5.41, 5.74) is -0.699. The number of carbonyl (C=O) groups excluding carboxylic acids is 7. The van der Waals surface area contributed by atoms with Gasteiger partial charge in [-0.25, -0.2) is 28.6 Å². The van der Waals surface area contributed by atoms with Gasteiger partial charge >= 0.3 is 24.1 Å². The van der Waals surface area contributed by atoms with E-state index < -0.39 is 133 Å². The number of aromatic nitrogens is 2. The highest BCUT2D eigenvalue weighted by atomic mass is 19.1. The Bertz CT molecular complexity index is 3390. The molecule has 424 valence electrons. The number of carboxylic acid groups (broad SMARTS) is 1. The molecular formula is C53H56FN7O19. The normalized spacial score (nSPS) is 23.1. The minimum Gasteiger partial charge on any atom is -0.479 e. The van der Waals surface area contributed by atoms with E-state index in [2.05, 4.69) is 16.0 Å². The van der Waals surface area contributed by atoms with Crippen molar-refractivity contribution < 1.29 is 92.0 Å². The van der Waals surface area contributed by atoms with Gasteiger partial charge in [0.15, 0.2) is 11.7 Å². The zero-order valence-corrected chi connectivity index (χ0v) is 43.9. The fourth-order valence-electron chi connectivity index (χ4n) is 10.4. The number of carbonyl (C=O) groups is 8. The van der Waals surface area contributed by atoms with Gasteiger partial charge in [-0.05, 0) is 87.4 Å². The number of amides is 6. The number of benzene rings is 2. The fraction of sp³-hybridized carbons (Fsp3) is 0.434. The van der Waals surface area contributed by atoms with E-state index in [1.807, 2.05) is 0 Å². The standard InChI is InChI=1S/C53H56FN7O19/c1-7-53(75)27-15-32-40-25(18-60(32)45(68)26(27)21-76-49(53)72)39-29(10-9-24-22(2)28(54)16-31(57-40)38(24)39)58-51(74)77-20-23-8-11-34(78-48-43(67)41(65)42(66)44(79-48)47(70)71)30(14-23)56-35(62)19-59(6)46(69)33(61-36(63)12-13-37(61)64)17-55-50(73)80-52(3,4)5/h8,11-16,29,33,41-44,48,65-67,75H,7,9-10,17-21H2,1-6H3,(H,55,73)(H,56,62)(H,58,74)(H,70,71)/t29-,33-,41?,42+,43?,44?,48+,53-/m0/s1. The molecule has 8 atom stereocenters. The number of nitrogens with zero attached hydrogens (tertiary/aromatic N) is 4. The van der Waals surface area contributed by atoms with Crippen molar-refractivity contribution in [3.8, 4) is 17.1 Å². The first-order chi connectivity index (χ1) is 37.7. The van der Waals surface area contributed by atoms with Crippen LogP contribution in [0, 0.1) is 12.7 Å². The number of hydrogen-bond acceptors (Lipinski definition) is 19. The van der Waals surface area contributed by atoms with Gasteiger partial charge in [0.2, 0.25) is 18.1 Å². The quantitative estimate of drug-likeness (QED) is 0.0435. The van der Waals surface area contributed by atoms with Gasteiger partial charge in [0.05, 0.1) is 53.8 Å². The molecule has 5 aliphatic rings. The lowest BCUT2D eigenvalue weighted by Gasteiger charge is -2.38. The van der Waals surface area contributed by atoms with Crippen LogP contribution in [-0.2, 0) is 79.5 Å². The van der Waals surface area contributed by atoms with Crippen LogP contribution in [0.25, 0.3) is 22.3 Å². The summed E-state index contributed by atoms with van der Waals surface area (Å²) in [5.74, 6) is -7.17. The molecule has 3 unspecified atom stereocenters. The second kappa shape index (κ2) is 21.4. The van der Waals surface area contributed by atoms with Crippen LogP contribution in [0.15, 0.2) is 47.3 Å². The number of nitrogens with one attached hydrogen (secondary N) is 3. The molecule has 2 aromatic heterocycles. The summed E-state index contributed by atoms with van der Waals surface area (Å²) in [6, 6.07) is 4.11. The number of aryl methyl sites for hydroxylation is 1. The minimum absolute atomic E-state index is 0.0376. The lowest BCUT2D eigenvalue weighted by Crippen LogP contribution is -2.61. The summed E-state index contributed by atoms with van der Waals surface area (Å²) in [6.45, 7) is 5.63. The highest BCUT2D eigenvalue weighted by Crippen LogP contribution is 2.46. The van der Waals surface area contributed by atoms with Gasteiger partial charge in [0.25, 0.3) is 17.4 Å². The number of anilines is 1. The molecule has 4 aliphatic heterocycles. The molecule has 0 saturated carbocycles. The average molecular weight is 1110 g/mol. The molecule has 6 heterocycles. The number of alkyl carbamates (subject to hydrolysis) is 2. The second-order valence-corrected chi connectivity index (χ2v) is 20.8. The van der Waals surface area contributed by atoms with Crippen LogP contribution < -0.4 is 26.2 Å². The van der Waals surface area contributed by atoms with Crippen molar-refractivity contribution in [2.45, 2.75) is 128 Å². The number of imide groups is 1. The Labute approximate surface area is 453 Å². The van der Waals surface area contributed by atoms with Gasteiger partial charge < -0.3 is 74.6 Å². The number of hydrogen-bond donors (Lipinski definition) is 8. The van der Waals surface area contributed by atoms with E-state index in [9.17, 15) is 68.7 Å². The minimum atomic E-state index is -2.11. The van der Waals surface area contributed by atoms with Crippen molar-refractivity contribution in [1.29, 1.82) is 0 Å². The first-order valence-electron chi connectivity index (χ1n) is 25.2. The van der Waals surface area contributed by atoms with Gasteiger partial charge in [0.1, 0.15) is 54.7 Å². The van der Waals surface area contributed by atoms with E-state index in [1.165, 1.54) is 41.9 Å². The third kappa shape index (κ3) is 10.4. The molecule has 0 spiro atoms. The van der Waals surface area contributed by atoms with Crippen molar-refractivity contribution in [2.24, 2.45) is 0 Å². The van der Waals surface area contributed by atoms with E-state index >= 15 is 4.39 Å². The zero-order valence-electron chi connectivity index (χ0n) is 43.9. The molecule has 0 bridgehead atoms. The summed E-state index contributed by atoms with van der Waals surface area (Å²) < 4.78 is 44.2. The summed E-state index contributed by atoms with van der Waals surface area (Å²) in [4.78, 5) is 125. The van der Waals surface area contributed by atoms with Crippen LogP contribution in [0.1, 0.15) is 85.5 Å². The molecular weight excluding hydrogens is 1060 g/mol. The Kier molecular flexibility index (Phi) is 15.0. The number of fused-ring (bicyclic) bond motifs is 5. The van der Waals surface area contributed by atoms with Crippen LogP contribution >= 0.6 is 0 Å². The number of ether oxygens (including phenoxy) is 5. The van der Waals surface area contributed by atoms with Crippen molar-refractivity contribution in [2.75, 3.05) is 25.5 Å². The molecule has 80 heavy (non-hydrogen) atoms. The molecule has 0 radical (unpaired) electrons. The monoisotopic (exact) mass is 1110 g/mol. The maximum Gasteiger partial charge on any atom is 0.407 e. The van der Waals surface area contributed by atoms with Crippen molar-refractivity contribution >= 4 is 64.3 Å². The Morgan fingerprint density at radius 3 is 2.36 bits per heavy atom. The van der Waals surface area contributed by atoms with Gasteiger partial charge in [0, 0.05) is 41.8 Å². The molecule has 1 fully saturated rings. The van der Waals surface area contributed by atoms with Gasteiger partial charge in [-0.2, -0.15) is 0 Å². The topological polar surface area (TPSA) is 361 Å². The van der Waals surface area contributed by atoms with Crippen LogP contribution in [-0.4, -0.2) is 155 Å². The number of cyclic esters (lactones) is 1. The number of halogens is 1. The Balaban J connectivity index is 0.972. The van der Waals surface area contributed by atoms with Gasteiger partial charge in [-0.15, -0.1) is 0 Å². The van der Waals surface area contributed by atoms with Crippen LogP contribution in [0.5, 0.6) is 5.75 Å². The summed E-state index contributed by atoms with van der Waals surface area (Å²) in [5, 5.41) is 61.0. The van der Waals surface area contributed by atoms with E-state index in [0.717, 1.165) is 17.1 Å². The fourth-order valence-corrected chi connectivity index (χ4v) is 10.4. The Hall–Kier alpha value is -8.37. The molecule has 9 rings (SSSR count). The summed E-state index contributed by atoms with van der Waals surface area (Å²) in [6.07, 6.45) is -9.91. The zero-order chi connectivity index (χ0) is 58.0. The third-order valence-electron chi connectivity index (χ3n) is 14.4. The van der Waals surface area contributed by atoms with Crippen LogP contribution in [0.2, 0.25) is 0 Å². The van der Waals surface area contributed by atoms with E-state index in [-0.39, 0.29) is 71.0 Å². The molecule has 26 nitrogen and oxygen atoms in total. The number of aliphatic hydroxyl groups is 4. The Morgan fingerprint density at radius 2 is 1.69 bits per heavy atom. The first kappa shape index (κ1) is 56.4. The van der Waals surface area contributed by atoms with Crippen LogP contribution in [0.3, 0.4) is 0 Å². The SMILES string of the molecule is CC[C@@]1(O)C(=O)OCc2c1cc1n(c2=O)Cc2c-1nc1cc(F)c(C)c3c1c2[C@@H](NC(=O)OCc1ccc(O[C@@H]2OC(C(=O)O)[C@H](O)C(O)C2O)c(NC(=O)CN(C)C(=O)[C@H](CNC(=O)OC(C)(C)C)N2C(=O)C=CC2=O)c1)CC3.